The maximum atomic E-state index is 12.3. The average Bonchev–Trinajstić information content (AvgIpc) is 3.11. The molecule has 3 heterocycles. The highest BCUT2D eigenvalue weighted by molar-refractivity contribution is 6.02. The summed E-state index contributed by atoms with van der Waals surface area (Å²) in [6.07, 6.45) is 10.3. The number of imide groups is 1. The van der Waals surface area contributed by atoms with Crippen LogP contribution < -0.4 is 10.6 Å². The van der Waals surface area contributed by atoms with Crippen molar-refractivity contribution in [3.8, 4) is 0 Å². The van der Waals surface area contributed by atoms with Gasteiger partial charge in [0.15, 0.2) is 0 Å². The SMILES string of the molecule is Cn1nc(C2CCC(=O)NC2=O)c2ccc(CC3CCC(C4CCNCC4)CC3)cc21. The molecule has 1 unspecified atom stereocenters. The molecule has 6 nitrogen and oxygen atoms in total. The summed E-state index contributed by atoms with van der Waals surface area (Å²) in [4.78, 5) is 23.8. The summed E-state index contributed by atoms with van der Waals surface area (Å²) in [7, 11) is 1.95. The Hall–Kier alpha value is -2.21. The van der Waals surface area contributed by atoms with E-state index in [2.05, 4.69) is 33.9 Å². The standard InChI is InChI=1S/C25H34N4O2/c1-29-22-15-17(14-16-2-5-18(6-3-16)19-10-12-26-13-11-19)4-7-20(22)24(28-29)21-8-9-23(30)27-25(21)31/h4,7,15-16,18-19,21,26H,2-3,5-6,8-14H2,1H3,(H,27,30,31). The molecule has 2 N–H and O–H groups in total. The Morgan fingerprint density at radius 3 is 2.48 bits per heavy atom. The molecule has 2 aliphatic heterocycles. The number of nitrogens with zero attached hydrogens (tertiary/aromatic N) is 2. The molecule has 2 saturated heterocycles. The first-order valence-corrected chi connectivity index (χ1v) is 12.1. The van der Waals surface area contributed by atoms with Crippen LogP contribution in [0.2, 0.25) is 0 Å². The van der Waals surface area contributed by atoms with Gasteiger partial charge in [-0.3, -0.25) is 19.6 Å². The molecule has 2 aromatic rings. The van der Waals surface area contributed by atoms with Crippen molar-refractivity contribution in [1.82, 2.24) is 20.4 Å². The van der Waals surface area contributed by atoms with Gasteiger partial charge in [0.25, 0.3) is 0 Å². The minimum atomic E-state index is -0.336. The summed E-state index contributed by atoms with van der Waals surface area (Å²) in [5, 5.41) is 11.7. The number of fused-ring (bicyclic) bond motifs is 1. The van der Waals surface area contributed by atoms with Gasteiger partial charge >= 0.3 is 0 Å². The van der Waals surface area contributed by atoms with Crippen LogP contribution in [0.3, 0.4) is 0 Å². The summed E-state index contributed by atoms with van der Waals surface area (Å²) in [5.41, 5.74) is 3.26. The molecule has 3 aliphatic rings. The van der Waals surface area contributed by atoms with Crippen LogP contribution in [0.15, 0.2) is 18.2 Å². The third-order valence-corrected chi connectivity index (χ3v) is 7.98. The Morgan fingerprint density at radius 2 is 1.74 bits per heavy atom. The number of rotatable bonds is 4. The molecule has 0 radical (unpaired) electrons. The molecule has 1 atom stereocenters. The average molecular weight is 423 g/mol. The smallest absolute Gasteiger partial charge is 0.235 e. The molecule has 0 bridgehead atoms. The van der Waals surface area contributed by atoms with Crippen molar-refractivity contribution in [3.63, 3.8) is 0 Å². The minimum absolute atomic E-state index is 0.182. The predicted molar refractivity (Wildman–Crippen MR) is 121 cm³/mol. The van der Waals surface area contributed by atoms with Crippen LogP contribution in [-0.4, -0.2) is 34.7 Å². The summed E-state index contributed by atoms with van der Waals surface area (Å²) < 4.78 is 1.89. The van der Waals surface area contributed by atoms with Crippen molar-refractivity contribution in [2.45, 2.75) is 63.7 Å². The lowest BCUT2D eigenvalue weighted by Gasteiger charge is -2.36. The van der Waals surface area contributed by atoms with Crippen LogP contribution in [0, 0.1) is 17.8 Å². The fourth-order valence-corrected chi connectivity index (χ4v) is 6.18. The second kappa shape index (κ2) is 8.73. The predicted octanol–water partition coefficient (Wildman–Crippen LogP) is 3.44. The van der Waals surface area contributed by atoms with Crippen molar-refractivity contribution in [2.75, 3.05) is 13.1 Å². The second-order valence-electron chi connectivity index (χ2n) is 9.94. The number of aromatic nitrogens is 2. The van der Waals surface area contributed by atoms with Gasteiger partial charge in [0, 0.05) is 18.9 Å². The van der Waals surface area contributed by atoms with E-state index in [9.17, 15) is 9.59 Å². The van der Waals surface area contributed by atoms with E-state index < -0.39 is 0 Å². The van der Waals surface area contributed by atoms with Crippen LogP contribution in [0.5, 0.6) is 0 Å². The van der Waals surface area contributed by atoms with Crippen molar-refractivity contribution in [3.05, 3.63) is 29.5 Å². The molecule has 31 heavy (non-hydrogen) atoms. The van der Waals surface area contributed by atoms with Crippen molar-refractivity contribution in [1.29, 1.82) is 0 Å². The molecule has 6 heteroatoms. The second-order valence-corrected chi connectivity index (χ2v) is 9.94. The quantitative estimate of drug-likeness (QED) is 0.740. The molecular formula is C25H34N4O2. The van der Waals surface area contributed by atoms with E-state index in [4.69, 9.17) is 0 Å². The van der Waals surface area contributed by atoms with E-state index >= 15 is 0 Å². The fraction of sp³-hybridized carbons (Fsp3) is 0.640. The van der Waals surface area contributed by atoms with Gasteiger partial charge in [-0.2, -0.15) is 5.10 Å². The number of piperidine rings is 2. The summed E-state index contributed by atoms with van der Waals surface area (Å²) in [6, 6.07) is 6.62. The van der Waals surface area contributed by atoms with Gasteiger partial charge < -0.3 is 5.32 Å². The number of carbonyl (C=O) groups is 2. The Kier molecular flexibility index (Phi) is 5.83. The molecule has 3 fully saturated rings. The fourth-order valence-electron chi connectivity index (χ4n) is 6.18. The van der Waals surface area contributed by atoms with E-state index in [1.165, 1.54) is 57.2 Å². The Bertz CT molecular complexity index is 967. The van der Waals surface area contributed by atoms with Crippen LogP contribution in [0.4, 0.5) is 0 Å². The van der Waals surface area contributed by atoms with Crippen molar-refractivity contribution >= 4 is 22.7 Å². The first kappa shape index (κ1) is 20.7. The first-order valence-electron chi connectivity index (χ1n) is 12.1. The number of nitrogens with one attached hydrogen (secondary N) is 2. The number of hydrogen-bond donors (Lipinski definition) is 2. The zero-order valence-electron chi connectivity index (χ0n) is 18.5. The van der Waals surface area contributed by atoms with E-state index in [1.54, 1.807) is 0 Å². The monoisotopic (exact) mass is 422 g/mol. The van der Waals surface area contributed by atoms with Gasteiger partial charge in [0.05, 0.1) is 17.1 Å². The van der Waals surface area contributed by atoms with E-state index in [0.29, 0.717) is 12.8 Å². The number of benzene rings is 1. The molecule has 5 rings (SSSR count). The Balaban J connectivity index is 1.26. The molecule has 1 saturated carbocycles. The summed E-state index contributed by atoms with van der Waals surface area (Å²) in [5.74, 6) is 1.92. The Labute approximate surface area is 184 Å². The highest BCUT2D eigenvalue weighted by atomic mass is 16.2. The van der Waals surface area contributed by atoms with Gasteiger partial charge in [-0.05, 0) is 93.8 Å². The van der Waals surface area contributed by atoms with Crippen LogP contribution in [0.1, 0.15) is 68.5 Å². The number of carbonyl (C=O) groups excluding carboxylic acids is 2. The topological polar surface area (TPSA) is 76.0 Å². The zero-order valence-corrected chi connectivity index (χ0v) is 18.5. The minimum Gasteiger partial charge on any atom is -0.317 e. The molecule has 166 valence electrons. The Morgan fingerprint density at radius 1 is 1.00 bits per heavy atom. The lowest BCUT2D eigenvalue weighted by Crippen LogP contribution is -2.39. The van der Waals surface area contributed by atoms with Gasteiger partial charge in [-0.1, -0.05) is 12.1 Å². The molecule has 1 aromatic carbocycles. The highest BCUT2D eigenvalue weighted by Gasteiger charge is 2.32. The maximum absolute atomic E-state index is 12.3. The summed E-state index contributed by atoms with van der Waals surface area (Å²) in [6.45, 7) is 2.41. The molecule has 2 amide bonds. The molecule has 1 aromatic heterocycles. The normalized spacial score (nSPS) is 28.1. The largest absolute Gasteiger partial charge is 0.317 e. The van der Waals surface area contributed by atoms with Gasteiger partial charge in [0.2, 0.25) is 11.8 Å². The van der Waals surface area contributed by atoms with Gasteiger partial charge in [0.1, 0.15) is 0 Å². The van der Waals surface area contributed by atoms with Crippen LogP contribution in [0.25, 0.3) is 10.9 Å². The third kappa shape index (κ3) is 4.27. The number of aryl methyl sites for hydroxylation is 1. The van der Waals surface area contributed by atoms with Crippen molar-refractivity contribution in [2.24, 2.45) is 24.8 Å². The van der Waals surface area contributed by atoms with Gasteiger partial charge in [-0.15, -0.1) is 0 Å². The van der Waals surface area contributed by atoms with E-state index in [-0.39, 0.29) is 17.7 Å². The van der Waals surface area contributed by atoms with Crippen LogP contribution in [-0.2, 0) is 23.1 Å². The van der Waals surface area contributed by atoms with E-state index in [0.717, 1.165) is 40.8 Å². The molecular weight excluding hydrogens is 388 g/mol. The summed E-state index contributed by atoms with van der Waals surface area (Å²) >= 11 is 0. The first-order chi connectivity index (χ1) is 15.1. The van der Waals surface area contributed by atoms with E-state index in [1.807, 2.05) is 11.7 Å². The van der Waals surface area contributed by atoms with Gasteiger partial charge in [-0.25, -0.2) is 0 Å². The molecule has 0 spiro atoms. The zero-order chi connectivity index (χ0) is 21.4. The number of hydrogen-bond acceptors (Lipinski definition) is 4. The lowest BCUT2D eigenvalue weighted by molar-refractivity contribution is -0.134. The molecule has 1 aliphatic carbocycles. The maximum Gasteiger partial charge on any atom is 0.235 e. The lowest BCUT2D eigenvalue weighted by atomic mass is 9.72. The van der Waals surface area contributed by atoms with Crippen molar-refractivity contribution < 1.29 is 9.59 Å². The third-order valence-electron chi connectivity index (χ3n) is 7.98. The highest BCUT2D eigenvalue weighted by Crippen LogP contribution is 2.38. The van der Waals surface area contributed by atoms with Crippen LogP contribution >= 0.6 is 0 Å². The number of amides is 2.